The van der Waals surface area contributed by atoms with Crippen LogP contribution >= 0.6 is 11.8 Å². The summed E-state index contributed by atoms with van der Waals surface area (Å²) >= 11 is 1.91. The number of nitrogens with zero attached hydrogens (tertiary/aromatic N) is 1. The molecule has 2 aliphatic heterocycles. The molecule has 1 aromatic rings. The Morgan fingerprint density at radius 2 is 1.74 bits per heavy atom. The SMILES string of the molecule is O=C(Nc1ccccc1C(=O)N1CCCCC1)C1CCSCC1. The predicted molar refractivity (Wildman–Crippen MR) is 94.9 cm³/mol. The summed E-state index contributed by atoms with van der Waals surface area (Å²) in [6.45, 7) is 1.64. The smallest absolute Gasteiger partial charge is 0.255 e. The third-order valence-electron chi connectivity index (χ3n) is 4.65. The summed E-state index contributed by atoms with van der Waals surface area (Å²) in [7, 11) is 0. The van der Waals surface area contributed by atoms with Crippen LogP contribution in [0, 0.1) is 5.92 Å². The van der Waals surface area contributed by atoms with Crippen molar-refractivity contribution in [3.8, 4) is 0 Å². The number of nitrogens with one attached hydrogen (secondary N) is 1. The molecule has 0 spiro atoms. The standard InChI is InChI=1S/C18H24N2O2S/c21-17(14-8-12-23-13-9-14)19-16-7-3-2-6-15(16)18(22)20-10-4-1-5-11-20/h2-3,6-7,14H,1,4-5,8-13H2,(H,19,21). The second-order valence-corrected chi connectivity index (χ2v) is 7.50. The number of piperidine rings is 1. The number of benzene rings is 1. The van der Waals surface area contributed by atoms with Gasteiger partial charge in [0.05, 0.1) is 11.3 Å². The molecule has 2 amide bonds. The third-order valence-corrected chi connectivity index (χ3v) is 5.70. The highest BCUT2D eigenvalue weighted by Gasteiger charge is 2.24. The quantitative estimate of drug-likeness (QED) is 0.923. The molecule has 2 heterocycles. The largest absolute Gasteiger partial charge is 0.339 e. The molecule has 23 heavy (non-hydrogen) atoms. The summed E-state index contributed by atoms with van der Waals surface area (Å²) in [5, 5.41) is 3.00. The first-order valence-electron chi connectivity index (χ1n) is 8.52. The maximum atomic E-state index is 12.7. The van der Waals surface area contributed by atoms with E-state index >= 15 is 0 Å². The second kappa shape index (κ2) is 7.86. The molecule has 1 N–H and O–H groups in total. The molecular weight excluding hydrogens is 308 g/mol. The van der Waals surface area contributed by atoms with Crippen LogP contribution < -0.4 is 5.32 Å². The molecule has 4 nitrogen and oxygen atoms in total. The van der Waals surface area contributed by atoms with Crippen LogP contribution in [0.3, 0.4) is 0 Å². The fourth-order valence-corrected chi connectivity index (χ4v) is 4.35. The summed E-state index contributed by atoms with van der Waals surface area (Å²) in [4.78, 5) is 27.1. The monoisotopic (exact) mass is 332 g/mol. The van der Waals surface area contributed by atoms with E-state index in [0.717, 1.165) is 50.3 Å². The number of anilines is 1. The van der Waals surface area contributed by atoms with Crippen LogP contribution in [0.1, 0.15) is 42.5 Å². The van der Waals surface area contributed by atoms with Crippen LogP contribution in [-0.2, 0) is 4.79 Å². The average Bonchev–Trinajstić information content (AvgIpc) is 2.63. The number of thioether (sulfide) groups is 1. The van der Waals surface area contributed by atoms with Gasteiger partial charge in [0.25, 0.3) is 5.91 Å². The van der Waals surface area contributed by atoms with E-state index in [1.165, 1.54) is 6.42 Å². The molecule has 0 unspecified atom stereocenters. The van der Waals surface area contributed by atoms with E-state index in [-0.39, 0.29) is 17.7 Å². The van der Waals surface area contributed by atoms with Gasteiger partial charge in [-0.05, 0) is 55.7 Å². The zero-order valence-corrected chi connectivity index (χ0v) is 14.2. The van der Waals surface area contributed by atoms with E-state index in [2.05, 4.69) is 5.32 Å². The summed E-state index contributed by atoms with van der Waals surface area (Å²) in [5.74, 6) is 2.28. The zero-order valence-electron chi connectivity index (χ0n) is 13.4. The summed E-state index contributed by atoms with van der Waals surface area (Å²) in [6, 6.07) is 7.40. The van der Waals surface area contributed by atoms with Gasteiger partial charge in [0.1, 0.15) is 0 Å². The van der Waals surface area contributed by atoms with Crippen LogP contribution in [0.25, 0.3) is 0 Å². The fraction of sp³-hybridized carbons (Fsp3) is 0.556. The van der Waals surface area contributed by atoms with Crippen LogP contribution in [0.5, 0.6) is 0 Å². The van der Waals surface area contributed by atoms with Gasteiger partial charge in [-0.15, -0.1) is 0 Å². The van der Waals surface area contributed by atoms with Crippen LogP contribution in [0.15, 0.2) is 24.3 Å². The lowest BCUT2D eigenvalue weighted by Gasteiger charge is -2.28. The molecule has 124 valence electrons. The first-order valence-corrected chi connectivity index (χ1v) is 9.68. The Bertz CT molecular complexity index is 564. The van der Waals surface area contributed by atoms with Crippen molar-refractivity contribution >= 4 is 29.3 Å². The molecule has 2 saturated heterocycles. The first kappa shape index (κ1) is 16.4. The van der Waals surface area contributed by atoms with E-state index in [4.69, 9.17) is 0 Å². The number of likely N-dealkylation sites (tertiary alicyclic amines) is 1. The highest BCUT2D eigenvalue weighted by molar-refractivity contribution is 7.99. The Balaban J connectivity index is 1.72. The Labute approximate surface area is 142 Å². The van der Waals surface area contributed by atoms with Crippen LogP contribution in [0.4, 0.5) is 5.69 Å². The number of para-hydroxylation sites is 1. The Kier molecular flexibility index (Phi) is 5.60. The lowest BCUT2D eigenvalue weighted by atomic mass is 10.0. The lowest BCUT2D eigenvalue weighted by Crippen LogP contribution is -2.36. The molecule has 2 fully saturated rings. The molecule has 3 rings (SSSR count). The molecule has 2 aliphatic rings. The second-order valence-electron chi connectivity index (χ2n) is 6.27. The van der Waals surface area contributed by atoms with Gasteiger partial charge < -0.3 is 10.2 Å². The van der Waals surface area contributed by atoms with E-state index < -0.39 is 0 Å². The normalized spacial score (nSPS) is 19.4. The van der Waals surface area contributed by atoms with E-state index in [1.54, 1.807) is 0 Å². The molecule has 0 aromatic heterocycles. The molecule has 0 atom stereocenters. The molecule has 1 aromatic carbocycles. The molecule has 0 radical (unpaired) electrons. The number of rotatable bonds is 3. The van der Waals surface area contributed by atoms with Crippen LogP contribution in [-0.4, -0.2) is 41.3 Å². The van der Waals surface area contributed by atoms with Gasteiger partial charge in [-0.1, -0.05) is 12.1 Å². The fourth-order valence-electron chi connectivity index (χ4n) is 3.24. The van der Waals surface area contributed by atoms with Crippen molar-refractivity contribution in [1.29, 1.82) is 0 Å². The number of amides is 2. The Hall–Kier alpha value is -1.49. The highest BCUT2D eigenvalue weighted by Crippen LogP contribution is 2.25. The Morgan fingerprint density at radius 3 is 2.48 bits per heavy atom. The summed E-state index contributed by atoms with van der Waals surface area (Å²) in [6.07, 6.45) is 5.19. The van der Waals surface area contributed by atoms with Gasteiger partial charge in [-0.3, -0.25) is 9.59 Å². The molecule has 0 aliphatic carbocycles. The van der Waals surface area contributed by atoms with Gasteiger partial charge in [-0.2, -0.15) is 11.8 Å². The van der Waals surface area contributed by atoms with E-state index in [9.17, 15) is 9.59 Å². The van der Waals surface area contributed by atoms with Gasteiger partial charge in [0.15, 0.2) is 0 Å². The van der Waals surface area contributed by atoms with Gasteiger partial charge in [-0.25, -0.2) is 0 Å². The van der Waals surface area contributed by atoms with Gasteiger partial charge >= 0.3 is 0 Å². The van der Waals surface area contributed by atoms with Crippen molar-refractivity contribution < 1.29 is 9.59 Å². The van der Waals surface area contributed by atoms with Crippen LogP contribution in [0.2, 0.25) is 0 Å². The zero-order chi connectivity index (χ0) is 16.1. The van der Waals surface area contributed by atoms with Gasteiger partial charge in [0.2, 0.25) is 5.91 Å². The Morgan fingerprint density at radius 1 is 1.04 bits per heavy atom. The predicted octanol–water partition coefficient (Wildman–Crippen LogP) is 3.39. The molecule has 5 heteroatoms. The van der Waals surface area contributed by atoms with Gasteiger partial charge in [0, 0.05) is 19.0 Å². The minimum Gasteiger partial charge on any atom is -0.339 e. The minimum atomic E-state index is 0.0415. The van der Waals surface area contributed by atoms with Crippen molar-refractivity contribution in [2.75, 3.05) is 29.9 Å². The number of carbonyl (C=O) groups is 2. The van der Waals surface area contributed by atoms with Crippen molar-refractivity contribution in [3.63, 3.8) is 0 Å². The lowest BCUT2D eigenvalue weighted by molar-refractivity contribution is -0.120. The molecular formula is C18H24N2O2S. The number of carbonyl (C=O) groups excluding carboxylic acids is 2. The number of hydrogen-bond acceptors (Lipinski definition) is 3. The minimum absolute atomic E-state index is 0.0415. The summed E-state index contributed by atoms with van der Waals surface area (Å²) in [5.41, 5.74) is 1.28. The third kappa shape index (κ3) is 4.08. The summed E-state index contributed by atoms with van der Waals surface area (Å²) < 4.78 is 0. The van der Waals surface area contributed by atoms with E-state index in [1.807, 2.05) is 40.9 Å². The maximum absolute atomic E-state index is 12.7. The highest BCUT2D eigenvalue weighted by atomic mass is 32.2. The first-order chi connectivity index (χ1) is 11.3. The van der Waals surface area contributed by atoms with Crippen molar-refractivity contribution in [1.82, 2.24) is 4.90 Å². The van der Waals surface area contributed by atoms with E-state index in [0.29, 0.717) is 11.3 Å². The maximum Gasteiger partial charge on any atom is 0.255 e. The molecule has 0 saturated carbocycles. The topological polar surface area (TPSA) is 49.4 Å². The number of hydrogen-bond donors (Lipinski definition) is 1. The van der Waals surface area contributed by atoms with Crippen molar-refractivity contribution in [3.05, 3.63) is 29.8 Å². The van der Waals surface area contributed by atoms with Crippen molar-refractivity contribution in [2.24, 2.45) is 5.92 Å². The molecule has 0 bridgehead atoms. The average molecular weight is 332 g/mol. The van der Waals surface area contributed by atoms with Crippen molar-refractivity contribution in [2.45, 2.75) is 32.1 Å².